The highest BCUT2D eigenvalue weighted by molar-refractivity contribution is 5.79. The first-order valence-electron chi connectivity index (χ1n) is 9.66. The third kappa shape index (κ3) is 9.20. The predicted molar refractivity (Wildman–Crippen MR) is 109 cm³/mol. The summed E-state index contributed by atoms with van der Waals surface area (Å²) in [6, 6.07) is 16.8. The van der Waals surface area contributed by atoms with Gasteiger partial charge in [0.25, 0.3) is 0 Å². The standard InChI is InChI=1S/C22H30FN3O/c1-2-24-22(26-18-20-10-12-21(23)13-11-20)25-15-6-7-16-27-17-14-19-8-4-3-5-9-19/h3-5,8-13H,2,6-7,14-18H2,1H3,(H2,24,25,26). The highest BCUT2D eigenvalue weighted by atomic mass is 19.1. The topological polar surface area (TPSA) is 45.7 Å². The molecule has 0 atom stereocenters. The molecule has 0 aliphatic heterocycles. The maximum atomic E-state index is 12.9. The van der Waals surface area contributed by atoms with Crippen LogP contribution in [0.3, 0.4) is 0 Å². The maximum absolute atomic E-state index is 12.9. The molecule has 0 unspecified atom stereocenters. The zero-order valence-corrected chi connectivity index (χ0v) is 16.1. The maximum Gasteiger partial charge on any atom is 0.191 e. The van der Waals surface area contributed by atoms with Crippen LogP contribution in [0.4, 0.5) is 4.39 Å². The zero-order chi connectivity index (χ0) is 19.2. The van der Waals surface area contributed by atoms with Crippen molar-refractivity contribution in [2.75, 3.05) is 26.3 Å². The molecule has 0 saturated heterocycles. The molecule has 0 radical (unpaired) electrons. The lowest BCUT2D eigenvalue weighted by molar-refractivity contribution is 0.133. The fourth-order valence-electron chi connectivity index (χ4n) is 2.57. The second-order valence-corrected chi connectivity index (χ2v) is 6.30. The number of halogens is 1. The van der Waals surface area contributed by atoms with Gasteiger partial charge in [-0.1, -0.05) is 42.5 Å². The van der Waals surface area contributed by atoms with Crippen molar-refractivity contribution in [1.82, 2.24) is 10.6 Å². The number of rotatable bonds is 11. The van der Waals surface area contributed by atoms with Gasteiger partial charge in [0, 0.05) is 19.7 Å². The minimum atomic E-state index is -0.223. The summed E-state index contributed by atoms with van der Waals surface area (Å²) < 4.78 is 18.6. The largest absolute Gasteiger partial charge is 0.381 e. The quantitative estimate of drug-likeness (QED) is 0.357. The van der Waals surface area contributed by atoms with E-state index in [4.69, 9.17) is 4.74 Å². The van der Waals surface area contributed by atoms with Gasteiger partial charge in [-0.3, -0.25) is 0 Å². The summed E-state index contributed by atoms with van der Waals surface area (Å²) in [5.74, 6) is 0.561. The Morgan fingerprint density at radius 1 is 0.926 bits per heavy atom. The van der Waals surface area contributed by atoms with Gasteiger partial charge in [-0.25, -0.2) is 9.38 Å². The predicted octanol–water partition coefficient (Wildman–Crippen LogP) is 3.92. The van der Waals surface area contributed by atoms with Crippen LogP contribution in [0.15, 0.2) is 59.6 Å². The molecular formula is C22H30FN3O. The average molecular weight is 372 g/mol. The Morgan fingerprint density at radius 2 is 1.70 bits per heavy atom. The van der Waals surface area contributed by atoms with Crippen LogP contribution in [-0.2, 0) is 17.7 Å². The zero-order valence-electron chi connectivity index (χ0n) is 16.1. The summed E-state index contributed by atoms with van der Waals surface area (Å²) in [5, 5.41) is 6.56. The van der Waals surface area contributed by atoms with Crippen molar-refractivity contribution < 1.29 is 9.13 Å². The lowest BCUT2D eigenvalue weighted by atomic mass is 10.2. The van der Waals surface area contributed by atoms with E-state index >= 15 is 0 Å². The van der Waals surface area contributed by atoms with Gasteiger partial charge in [0.1, 0.15) is 5.82 Å². The molecule has 0 bridgehead atoms. The average Bonchev–Trinajstić information content (AvgIpc) is 2.70. The van der Waals surface area contributed by atoms with Gasteiger partial charge >= 0.3 is 0 Å². The summed E-state index contributed by atoms with van der Waals surface area (Å²) >= 11 is 0. The number of nitrogens with zero attached hydrogens (tertiary/aromatic N) is 1. The minimum absolute atomic E-state index is 0.223. The molecule has 0 heterocycles. The third-order valence-electron chi connectivity index (χ3n) is 4.06. The van der Waals surface area contributed by atoms with Crippen LogP contribution in [0.2, 0.25) is 0 Å². The number of hydrogen-bond donors (Lipinski definition) is 2. The molecule has 0 saturated carbocycles. The third-order valence-corrected chi connectivity index (χ3v) is 4.06. The van der Waals surface area contributed by atoms with Crippen LogP contribution in [0, 0.1) is 5.82 Å². The van der Waals surface area contributed by atoms with E-state index in [2.05, 4.69) is 39.9 Å². The molecule has 0 aliphatic rings. The molecular weight excluding hydrogens is 341 g/mol. The monoisotopic (exact) mass is 371 g/mol. The van der Waals surface area contributed by atoms with Gasteiger partial charge in [0.05, 0.1) is 13.2 Å². The van der Waals surface area contributed by atoms with Crippen molar-refractivity contribution in [2.24, 2.45) is 4.99 Å². The summed E-state index contributed by atoms with van der Waals surface area (Å²) in [4.78, 5) is 4.53. The van der Waals surface area contributed by atoms with E-state index in [0.717, 1.165) is 57.1 Å². The first-order valence-corrected chi connectivity index (χ1v) is 9.66. The Balaban J connectivity index is 1.57. The molecule has 0 fully saturated rings. The fourth-order valence-corrected chi connectivity index (χ4v) is 2.57. The molecule has 2 rings (SSSR count). The summed E-state index contributed by atoms with van der Waals surface area (Å²) in [5.41, 5.74) is 2.30. The molecule has 2 aromatic carbocycles. The van der Waals surface area contributed by atoms with Crippen molar-refractivity contribution >= 4 is 5.96 Å². The number of nitrogens with one attached hydrogen (secondary N) is 2. The first kappa shape index (κ1) is 20.9. The van der Waals surface area contributed by atoms with Crippen LogP contribution in [0.1, 0.15) is 30.9 Å². The molecule has 4 nitrogen and oxygen atoms in total. The minimum Gasteiger partial charge on any atom is -0.381 e. The molecule has 27 heavy (non-hydrogen) atoms. The second-order valence-electron chi connectivity index (χ2n) is 6.30. The van der Waals surface area contributed by atoms with E-state index in [1.54, 1.807) is 12.1 Å². The summed E-state index contributed by atoms with van der Waals surface area (Å²) in [7, 11) is 0. The highest BCUT2D eigenvalue weighted by Crippen LogP contribution is 2.04. The Kier molecular flexibility index (Phi) is 9.97. The first-order chi connectivity index (χ1) is 13.3. The number of unbranched alkanes of at least 4 members (excludes halogenated alkanes) is 1. The fraction of sp³-hybridized carbons (Fsp3) is 0.409. The SMILES string of the molecule is CCNC(=NCc1ccc(F)cc1)NCCCCOCCc1ccccc1. The van der Waals surface area contributed by atoms with Gasteiger partial charge in [0.2, 0.25) is 0 Å². The lowest BCUT2D eigenvalue weighted by Crippen LogP contribution is -2.37. The van der Waals surface area contributed by atoms with E-state index in [9.17, 15) is 4.39 Å². The molecule has 2 aromatic rings. The Hall–Kier alpha value is -2.40. The molecule has 0 amide bonds. The van der Waals surface area contributed by atoms with Gasteiger partial charge < -0.3 is 15.4 Å². The van der Waals surface area contributed by atoms with E-state index in [1.807, 2.05) is 13.0 Å². The number of guanidine groups is 1. The van der Waals surface area contributed by atoms with Gasteiger partial charge in [-0.05, 0) is 49.4 Å². The molecule has 146 valence electrons. The molecule has 0 spiro atoms. The summed E-state index contributed by atoms with van der Waals surface area (Å²) in [6.07, 6.45) is 2.99. The smallest absolute Gasteiger partial charge is 0.191 e. The summed E-state index contributed by atoms with van der Waals surface area (Å²) in [6.45, 7) is 5.75. The highest BCUT2D eigenvalue weighted by Gasteiger charge is 1.98. The van der Waals surface area contributed by atoms with Crippen LogP contribution >= 0.6 is 0 Å². The van der Waals surface area contributed by atoms with Gasteiger partial charge in [0.15, 0.2) is 5.96 Å². The Bertz CT molecular complexity index is 659. The van der Waals surface area contributed by atoms with E-state index < -0.39 is 0 Å². The van der Waals surface area contributed by atoms with Crippen LogP contribution in [0.5, 0.6) is 0 Å². The van der Waals surface area contributed by atoms with Crippen molar-refractivity contribution in [2.45, 2.75) is 32.7 Å². The number of benzene rings is 2. The van der Waals surface area contributed by atoms with Crippen LogP contribution in [-0.4, -0.2) is 32.3 Å². The van der Waals surface area contributed by atoms with Crippen molar-refractivity contribution in [1.29, 1.82) is 0 Å². The molecule has 5 heteroatoms. The normalized spacial score (nSPS) is 11.4. The number of aliphatic imine (C=N–C) groups is 1. The molecule has 0 aliphatic carbocycles. The second kappa shape index (κ2) is 12.9. The van der Waals surface area contributed by atoms with Gasteiger partial charge in [-0.2, -0.15) is 0 Å². The lowest BCUT2D eigenvalue weighted by Gasteiger charge is -2.11. The van der Waals surface area contributed by atoms with Crippen LogP contribution < -0.4 is 10.6 Å². The van der Waals surface area contributed by atoms with E-state index in [1.165, 1.54) is 17.7 Å². The number of ether oxygens (including phenoxy) is 1. The Labute approximate surface area is 161 Å². The number of hydrogen-bond acceptors (Lipinski definition) is 2. The van der Waals surface area contributed by atoms with Crippen molar-refractivity contribution in [3.63, 3.8) is 0 Å². The van der Waals surface area contributed by atoms with Crippen LogP contribution in [0.25, 0.3) is 0 Å². The molecule has 0 aromatic heterocycles. The van der Waals surface area contributed by atoms with Crippen molar-refractivity contribution in [3.8, 4) is 0 Å². The van der Waals surface area contributed by atoms with Crippen molar-refractivity contribution in [3.05, 3.63) is 71.5 Å². The Morgan fingerprint density at radius 3 is 2.44 bits per heavy atom. The molecule has 2 N–H and O–H groups in total. The van der Waals surface area contributed by atoms with Gasteiger partial charge in [-0.15, -0.1) is 0 Å². The van der Waals surface area contributed by atoms with E-state index in [0.29, 0.717) is 6.54 Å². The van der Waals surface area contributed by atoms with E-state index in [-0.39, 0.29) is 5.82 Å².